The summed E-state index contributed by atoms with van der Waals surface area (Å²) in [6.07, 6.45) is 0.284. The van der Waals surface area contributed by atoms with Crippen LogP contribution in [-0.2, 0) is 9.53 Å². The summed E-state index contributed by atoms with van der Waals surface area (Å²) in [5.74, 6) is 0.268. The second-order valence-corrected chi connectivity index (χ2v) is 4.74. The van der Waals surface area contributed by atoms with Gasteiger partial charge in [-0.05, 0) is 38.1 Å². The highest BCUT2D eigenvalue weighted by atomic mass is 16.5. The van der Waals surface area contributed by atoms with Gasteiger partial charge >= 0.3 is 5.97 Å². The SMILES string of the molecule is COC(=O)CCN(C)C(=O)c1ccc(OC(C)C)cc1. The number of nitrogens with zero attached hydrogens (tertiary/aromatic N) is 1. The summed E-state index contributed by atoms with van der Waals surface area (Å²) in [5.41, 5.74) is 0.563. The van der Waals surface area contributed by atoms with Crippen molar-refractivity contribution in [3.63, 3.8) is 0 Å². The highest BCUT2D eigenvalue weighted by Gasteiger charge is 2.13. The lowest BCUT2D eigenvalue weighted by Crippen LogP contribution is -2.29. The van der Waals surface area contributed by atoms with Gasteiger partial charge in [0.1, 0.15) is 5.75 Å². The highest BCUT2D eigenvalue weighted by Crippen LogP contribution is 2.15. The molecule has 1 aromatic carbocycles. The molecule has 1 aromatic rings. The summed E-state index contributed by atoms with van der Waals surface area (Å²) in [7, 11) is 2.99. The Kier molecular flexibility index (Phi) is 6.03. The molecule has 0 radical (unpaired) electrons. The number of esters is 1. The zero-order chi connectivity index (χ0) is 15.1. The molecule has 0 saturated heterocycles. The van der Waals surface area contributed by atoms with Gasteiger partial charge in [-0.1, -0.05) is 0 Å². The quantitative estimate of drug-likeness (QED) is 0.748. The molecule has 5 heteroatoms. The van der Waals surface area contributed by atoms with Crippen LogP contribution < -0.4 is 4.74 Å². The van der Waals surface area contributed by atoms with Crippen molar-refractivity contribution >= 4 is 11.9 Å². The van der Waals surface area contributed by atoms with E-state index >= 15 is 0 Å². The van der Waals surface area contributed by atoms with Gasteiger partial charge in [0.2, 0.25) is 0 Å². The molecule has 0 aromatic heterocycles. The summed E-state index contributed by atoms with van der Waals surface area (Å²) < 4.78 is 10.1. The second kappa shape index (κ2) is 7.53. The van der Waals surface area contributed by atoms with E-state index in [1.807, 2.05) is 13.8 Å². The Morgan fingerprint density at radius 1 is 1.20 bits per heavy atom. The molecule has 110 valence electrons. The van der Waals surface area contributed by atoms with Gasteiger partial charge in [-0.3, -0.25) is 9.59 Å². The predicted octanol–water partition coefficient (Wildman–Crippen LogP) is 2.11. The van der Waals surface area contributed by atoms with Crippen molar-refractivity contribution in [1.82, 2.24) is 4.90 Å². The first-order valence-corrected chi connectivity index (χ1v) is 6.53. The first-order valence-electron chi connectivity index (χ1n) is 6.53. The number of carbonyl (C=O) groups excluding carboxylic acids is 2. The third-order valence-electron chi connectivity index (χ3n) is 2.70. The first kappa shape index (κ1) is 16.0. The molecular formula is C15H21NO4. The monoisotopic (exact) mass is 279 g/mol. The van der Waals surface area contributed by atoms with Crippen molar-refractivity contribution < 1.29 is 19.1 Å². The number of carbonyl (C=O) groups is 2. The number of hydrogen-bond acceptors (Lipinski definition) is 4. The molecule has 0 unspecified atom stereocenters. The fourth-order valence-electron chi connectivity index (χ4n) is 1.63. The summed E-state index contributed by atoms with van der Waals surface area (Å²) in [5, 5.41) is 0. The Bertz CT molecular complexity index is 453. The van der Waals surface area contributed by atoms with E-state index < -0.39 is 0 Å². The van der Waals surface area contributed by atoms with Gasteiger partial charge in [-0.25, -0.2) is 0 Å². The molecule has 0 spiro atoms. The van der Waals surface area contributed by atoms with Crippen LogP contribution in [-0.4, -0.2) is 43.6 Å². The Morgan fingerprint density at radius 3 is 2.30 bits per heavy atom. The summed E-state index contributed by atoms with van der Waals surface area (Å²) >= 11 is 0. The van der Waals surface area contributed by atoms with E-state index in [2.05, 4.69) is 4.74 Å². The number of rotatable bonds is 6. The highest BCUT2D eigenvalue weighted by molar-refractivity contribution is 5.94. The summed E-state index contributed by atoms with van der Waals surface area (Å²) in [6.45, 7) is 4.22. The molecule has 0 N–H and O–H groups in total. The normalized spacial score (nSPS) is 10.2. The van der Waals surface area contributed by atoms with Crippen LogP contribution in [0.3, 0.4) is 0 Å². The molecule has 1 rings (SSSR count). The van der Waals surface area contributed by atoms with Crippen LogP contribution in [0.15, 0.2) is 24.3 Å². The minimum atomic E-state index is -0.328. The molecule has 0 aliphatic rings. The fraction of sp³-hybridized carbons (Fsp3) is 0.467. The van der Waals surface area contributed by atoms with Crippen molar-refractivity contribution in [3.8, 4) is 5.75 Å². The maximum Gasteiger partial charge on any atom is 0.307 e. The van der Waals surface area contributed by atoms with Crippen molar-refractivity contribution in [2.24, 2.45) is 0 Å². The van der Waals surface area contributed by atoms with Crippen LogP contribution in [0.2, 0.25) is 0 Å². The summed E-state index contributed by atoms with van der Waals surface area (Å²) in [6, 6.07) is 6.96. The van der Waals surface area contributed by atoms with E-state index in [9.17, 15) is 9.59 Å². The molecule has 5 nitrogen and oxygen atoms in total. The molecule has 0 aliphatic carbocycles. The van der Waals surface area contributed by atoms with Gasteiger partial charge in [0.05, 0.1) is 19.6 Å². The lowest BCUT2D eigenvalue weighted by atomic mass is 10.2. The van der Waals surface area contributed by atoms with Crippen LogP contribution in [0.5, 0.6) is 5.75 Å². The average molecular weight is 279 g/mol. The molecule has 1 amide bonds. The Balaban J connectivity index is 2.60. The van der Waals surface area contributed by atoms with E-state index in [1.54, 1.807) is 31.3 Å². The van der Waals surface area contributed by atoms with Gasteiger partial charge in [0, 0.05) is 19.2 Å². The van der Waals surface area contributed by atoms with E-state index in [4.69, 9.17) is 4.74 Å². The lowest BCUT2D eigenvalue weighted by Gasteiger charge is -2.17. The van der Waals surface area contributed by atoms with Crippen LogP contribution in [0.4, 0.5) is 0 Å². The largest absolute Gasteiger partial charge is 0.491 e. The number of hydrogen-bond donors (Lipinski definition) is 0. The molecular weight excluding hydrogens is 258 g/mol. The number of methoxy groups -OCH3 is 1. The smallest absolute Gasteiger partial charge is 0.307 e. The fourth-order valence-corrected chi connectivity index (χ4v) is 1.63. The molecule has 0 atom stereocenters. The minimum Gasteiger partial charge on any atom is -0.491 e. The molecule has 0 heterocycles. The Morgan fingerprint density at radius 2 is 1.80 bits per heavy atom. The van der Waals surface area contributed by atoms with Crippen LogP contribution in [0.1, 0.15) is 30.6 Å². The maximum atomic E-state index is 12.1. The van der Waals surface area contributed by atoms with Gasteiger partial charge in [-0.2, -0.15) is 0 Å². The second-order valence-electron chi connectivity index (χ2n) is 4.74. The van der Waals surface area contributed by atoms with Gasteiger partial charge in [0.15, 0.2) is 0 Å². The van der Waals surface area contributed by atoms with Crippen molar-refractivity contribution in [2.75, 3.05) is 20.7 Å². The van der Waals surface area contributed by atoms with Crippen molar-refractivity contribution in [2.45, 2.75) is 26.4 Å². The topological polar surface area (TPSA) is 55.8 Å². The Labute approximate surface area is 119 Å². The van der Waals surface area contributed by atoms with Gasteiger partial charge in [-0.15, -0.1) is 0 Å². The zero-order valence-corrected chi connectivity index (χ0v) is 12.4. The van der Waals surface area contributed by atoms with E-state index in [0.29, 0.717) is 12.1 Å². The molecule has 0 bridgehead atoms. The third kappa shape index (κ3) is 4.91. The number of benzene rings is 1. The van der Waals surface area contributed by atoms with Crippen LogP contribution in [0, 0.1) is 0 Å². The minimum absolute atomic E-state index is 0.0966. The molecule has 0 saturated carbocycles. The van der Waals surface area contributed by atoms with E-state index in [0.717, 1.165) is 5.75 Å². The molecule has 0 fully saturated rings. The molecule has 20 heavy (non-hydrogen) atoms. The molecule has 0 aliphatic heterocycles. The third-order valence-corrected chi connectivity index (χ3v) is 2.70. The van der Waals surface area contributed by atoms with Crippen molar-refractivity contribution in [1.29, 1.82) is 0 Å². The Hall–Kier alpha value is -2.04. The average Bonchev–Trinajstić information content (AvgIpc) is 2.43. The predicted molar refractivity (Wildman–Crippen MR) is 75.8 cm³/mol. The lowest BCUT2D eigenvalue weighted by molar-refractivity contribution is -0.140. The van der Waals surface area contributed by atoms with Gasteiger partial charge < -0.3 is 14.4 Å². The first-order chi connectivity index (χ1) is 9.43. The zero-order valence-electron chi connectivity index (χ0n) is 12.4. The number of ether oxygens (including phenoxy) is 2. The van der Waals surface area contributed by atoms with Gasteiger partial charge in [0.25, 0.3) is 5.91 Å². The number of amides is 1. The van der Waals surface area contributed by atoms with Crippen LogP contribution in [0.25, 0.3) is 0 Å². The van der Waals surface area contributed by atoms with Crippen molar-refractivity contribution in [3.05, 3.63) is 29.8 Å². The summed E-state index contributed by atoms with van der Waals surface area (Å²) in [4.78, 5) is 24.7. The van der Waals surface area contributed by atoms with E-state index in [1.165, 1.54) is 12.0 Å². The standard InChI is InChI=1S/C15H21NO4/c1-11(2)20-13-7-5-12(6-8-13)15(18)16(3)10-9-14(17)19-4/h5-8,11H,9-10H2,1-4H3. The van der Waals surface area contributed by atoms with E-state index in [-0.39, 0.29) is 24.4 Å². The van der Waals surface area contributed by atoms with Crippen LogP contribution >= 0.6 is 0 Å². The maximum absolute atomic E-state index is 12.1.